The molecule has 0 spiro atoms. The molecule has 0 fully saturated rings. The second kappa shape index (κ2) is 6.43. The molecule has 0 atom stereocenters. The summed E-state index contributed by atoms with van der Waals surface area (Å²) >= 11 is 0. The topological polar surface area (TPSA) is 85.6 Å². The second-order valence-corrected chi connectivity index (χ2v) is 6.80. The lowest BCUT2D eigenvalue weighted by molar-refractivity contribution is 0.0914. The zero-order valence-corrected chi connectivity index (χ0v) is 14.7. The third-order valence-electron chi connectivity index (χ3n) is 3.35. The molecular weight excluding hydrogens is 316 g/mol. The molecule has 3 heterocycles. The van der Waals surface area contributed by atoms with Gasteiger partial charge in [-0.05, 0) is 51.5 Å². The molecule has 0 aliphatic rings. The zero-order chi connectivity index (χ0) is 18.0. The molecule has 3 rings (SSSR count). The Bertz CT molecular complexity index is 878. The summed E-state index contributed by atoms with van der Waals surface area (Å²) in [5.74, 6) is 0.130. The standard InChI is InChI=1S/C18H20N6O/c1-12-6-7-13(21-11-12)15-10-14(16(25)22-18(2,3)4)23-24(15)17-19-8-5-9-20-17/h5-11H,1-4H3,(H,22,25). The van der Waals surface area contributed by atoms with Gasteiger partial charge in [-0.25, -0.2) is 9.97 Å². The van der Waals surface area contributed by atoms with Gasteiger partial charge >= 0.3 is 0 Å². The van der Waals surface area contributed by atoms with Crippen LogP contribution in [-0.2, 0) is 0 Å². The fourth-order valence-corrected chi connectivity index (χ4v) is 2.25. The van der Waals surface area contributed by atoms with Gasteiger partial charge in [0.15, 0.2) is 5.69 Å². The van der Waals surface area contributed by atoms with Crippen molar-refractivity contribution in [3.63, 3.8) is 0 Å². The highest BCUT2D eigenvalue weighted by molar-refractivity contribution is 5.93. The summed E-state index contributed by atoms with van der Waals surface area (Å²) in [6.07, 6.45) is 5.03. The summed E-state index contributed by atoms with van der Waals surface area (Å²) in [4.78, 5) is 25.4. The Morgan fingerprint density at radius 2 is 1.84 bits per heavy atom. The minimum Gasteiger partial charge on any atom is -0.346 e. The number of aromatic nitrogens is 5. The average Bonchev–Trinajstić information content (AvgIpc) is 3.00. The van der Waals surface area contributed by atoms with Gasteiger partial charge in [-0.1, -0.05) is 6.07 Å². The van der Waals surface area contributed by atoms with Crippen LogP contribution in [0.25, 0.3) is 17.3 Å². The molecule has 7 nitrogen and oxygen atoms in total. The summed E-state index contributed by atoms with van der Waals surface area (Å²) in [6, 6.07) is 7.27. The van der Waals surface area contributed by atoms with E-state index in [1.54, 1.807) is 30.7 Å². The first-order valence-corrected chi connectivity index (χ1v) is 7.96. The maximum Gasteiger partial charge on any atom is 0.272 e. The number of hydrogen-bond acceptors (Lipinski definition) is 5. The van der Waals surface area contributed by atoms with Gasteiger partial charge < -0.3 is 5.32 Å². The third kappa shape index (κ3) is 3.88. The number of amides is 1. The van der Waals surface area contributed by atoms with E-state index in [1.807, 2.05) is 39.8 Å². The first-order chi connectivity index (χ1) is 11.8. The molecule has 3 aromatic heterocycles. The zero-order valence-electron chi connectivity index (χ0n) is 14.7. The van der Waals surface area contributed by atoms with Crippen molar-refractivity contribution in [2.75, 3.05) is 0 Å². The predicted octanol–water partition coefficient (Wildman–Crippen LogP) is 2.56. The molecule has 128 valence electrons. The van der Waals surface area contributed by atoms with Crippen LogP contribution in [0.4, 0.5) is 0 Å². The van der Waals surface area contributed by atoms with E-state index in [0.29, 0.717) is 23.0 Å². The van der Waals surface area contributed by atoms with Crippen molar-refractivity contribution in [1.29, 1.82) is 0 Å². The minimum atomic E-state index is -0.355. The number of nitrogens with one attached hydrogen (secondary N) is 1. The SMILES string of the molecule is Cc1ccc(-c2cc(C(=O)NC(C)(C)C)nn2-c2ncccn2)nc1. The van der Waals surface area contributed by atoms with Gasteiger partial charge in [0, 0.05) is 24.1 Å². The highest BCUT2D eigenvalue weighted by atomic mass is 16.2. The Morgan fingerprint density at radius 1 is 1.12 bits per heavy atom. The average molecular weight is 336 g/mol. The van der Waals surface area contributed by atoms with Crippen LogP contribution in [0.15, 0.2) is 42.9 Å². The lowest BCUT2D eigenvalue weighted by Crippen LogP contribution is -2.40. The fourth-order valence-electron chi connectivity index (χ4n) is 2.25. The number of aryl methyl sites for hydroxylation is 1. The molecule has 0 saturated carbocycles. The van der Waals surface area contributed by atoms with Crippen LogP contribution in [0.1, 0.15) is 36.8 Å². The molecule has 0 aliphatic heterocycles. The van der Waals surface area contributed by atoms with Crippen molar-refractivity contribution in [2.45, 2.75) is 33.2 Å². The first-order valence-electron chi connectivity index (χ1n) is 7.96. The van der Waals surface area contributed by atoms with Gasteiger partial charge in [0.25, 0.3) is 11.9 Å². The van der Waals surface area contributed by atoms with E-state index >= 15 is 0 Å². The third-order valence-corrected chi connectivity index (χ3v) is 3.35. The Labute approximate surface area is 146 Å². The Balaban J connectivity index is 2.09. The lowest BCUT2D eigenvalue weighted by atomic mass is 10.1. The van der Waals surface area contributed by atoms with Gasteiger partial charge in [0.2, 0.25) is 0 Å². The van der Waals surface area contributed by atoms with Crippen LogP contribution < -0.4 is 5.32 Å². The number of rotatable bonds is 3. The summed E-state index contributed by atoms with van der Waals surface area (Å²) in [6.45, 7) is 7.73. The molecular formula is C18H20N6O. The summed E-state index contributed by atoms with van der Waals surface area (Å²) < 4.78 is 1.54. The van der Waals surface area contributed by atoms with Crippen molar-refractivity contribution >= 4 is 5.91 Å². The van der Waals surface area contributed by atoms with Crippen LogP contribution in [0.2, 0.25) is 0 Å². The molecule has 0 radical (unpaired) electrons. The van der Waals surface area contributed by atoms with Gasteiger partial charge in [0.05, 0.1) is 11.4 Å². The van der Waals surface area contributed by atoms with Gasteiger partial charge in [0.1, 0.15) is 0 Å². The molecule has 0 unspecified atom stereocenters. The second-order valence-electron chi connectivity index (χ2n) is 6.80. The molecule has 1 N–H and O–H groups in total. The Morgan fingerprint density at radius 3 is 2.44 bits per heavy atom. The van der Waals surface area contributed by atoms with Crippen LogP contribution in [-0.4, -0.2) is 36.2 Å². The predicted molar refractivity (Wildman–Crippen MR) is 94.3 cm³/mol. The van der Waals surface area contributed by atoms with Gasteiger partial charge in [-0.15, -0.1) is 0 Å². The highest BCUT2D eigenvalue weighted by Gasteiger charge is 2.21. The Hall–Kier alpha value is -3.09. The van der Waals surface area contributed by atoms with Crippen molar-refractivity contribution in [2.24, 2.45) is 0 Å². The quantitative estimate of drug-likeness (QED) is 0.794. The monoisotopic (exact) mass is 336 g/mol. The van der Waals surface area contributed by atoms with Crippen molar-refractivity contribution in [3.05, 3.63) is 54.1 Å². The number of carbonyl (C=O) groups is 1. The van der Waals surface area contributed by atoms with E-state index < -0.39 is 0 Å². The van der Waals surface area contributed by atoms with Gasteiger partial charge in [-0.2, -0.15) is 9.78 Å². The Kier molecular flexibility index (Phi) is 4.31. The lowest BCUT2D eigenvalue weighted by Gasteiger charge is -2.19. The molecule has 3 aromatic rings. The maximum absolute atomic E-state index is 12.5. The van der Waals surface area contributed by atoms with E-state index in [4.69, 9.17) is 0 Å². The number of pyridine rings is 1. The van der Waals surface area contributed by atoms with Crippen molar-refractivity contribution < 1.29 is 4.79 Å². The molecule has 0 aromatic carbocycles. The largest absolute Gasteiger partial charge is 0.346 e. The maximum atomic E-state index is 12.5. The summed E-state index contributed by atoms with van der Waals surface area (Å²) in [7, 11) is 0. The van der Waals surface area contributed by atoms with E-state index in [0.717, 1.165) is 5.56 Å². The smallest absolute Gasteiger partial charge is 0.272 e. The normalized spacial score (nSPS) is 11.4. The molecule has 7 heteroatoms. The molecule has 0 saturated heterocycles. The van der Waals surface area contributed by atoms with Crippen molar-refractivity contribution in [1.82, 2.24) is 30.0 Å². The number of nitrogens with zero attached hydrogens (tertiary/aromatic N) is 5. The van der Waals surface area contributed by atoms with Crippen LogP contribution in [0.3, 0.4) is 0 Å². The minimum absolute atomic E-state index is 0.254. The van der Waals surface area contributed by atoms with Gasteiger partial charge in [-0.3, -0.25) is 9.78 Å². The van der Waals surface area contributed by atoms with E-state index in [9.17, 15) is 4.79 Å². The number of carbonyl (C=O) groups excluding carboxylic acids is 1. The van der Waals surface area contributed by atoms with Crippen LogP contribution in [0, 0.1) is 6.92 Å². The van der Waals surface area contributed by atoms with E-state index in [2.05, 4.69) is 25.4 Å². The van der Waals surface area contributed by atoms with Crippen LogP contribution >= 0.6 is 0 Å². The molecule has 0 aliphatic carbocycles. The van der Waals surface area contributed by atoms with Crippen LogP contribution in [0.5, 0.6) is 0 Å². The first kappa shape index (κ1) is 16.8. The summed E-state index contributed by atoms with van der Waals surface area (Å²) in [5.41, 5.74) is 2.34. The number of hydrogen-bond donors (Lipinski definition) is 1. The fraction of sp³-hybridized carbons (Fsp3) is 0.278. The molecule has 25 heavy (non-hydrogen) atoms. The van der Waals surface area contributed by atoms with E-state index in [1.165, 1.54) is 4.68 Å². The summed E-state index contributed by atoms with van der Waals surface area (Å²) in [5, 5.41) is 7.31. The highest BCUT2D eigenvalue weighted by Crippen LogP contribution is 2.21. The van der Waals surface area contributed by atoms with Crippen molar-refractivity contribution in [3.8, 4) is 17.3 Å². The van der Waals surface area contributed by atoms with E-state index in [-0.39, 0.29) is 11.4 Å². The molecule has 0 bridgehead atoms. The molecule has 1 amide bonds.